The standard InChI is InChI=1S/C9H21N.C2H6/c1-6-8(10-7-2)9(3,4)5;1-2/h8,10H,6-7H2,1-5H3;1-2H3. The van der Waals surface area contributed by atoms with Crippen molar-refractivity contribution in [1.82, 2.24) is 5.32 Å². The van der Waals surface area contributed by atoms with Gasteiger partial charge >= 0.3 is 0 Å². The molecule has 0 fully saturated rings. The van der Waals surface area contributed by atoms with Crippen LogP contribution >= 0.6 is 0 Å². The van der Waals surface area contributed by atoms with Gasteiger partial charge in [-0.2, -0.15) is 0 Å². The summed E-state index contributed by atoms with van der Waals surface area (Å²) >= 11 is 0. The SMILES string of the molecule is CC.CCNC(CC)C(C)(C)C. The first-order chi connectivity index (χ1) is 5.52. The lowest BCUT2D eigenvalue weighted by Gasteiger charge is -2.30. The molecule has 1 N–H and O–H groups in total. The van der Waals surface area contributed by atoms with Crippen LogP contribution < -0.4 is 5.32 Å². The molecular formula is C11H27N. The Kier molecular flexibility index (Phi) is 9.17. The van der Waals surface area contributed by atoms with Gasteiger partial charge in [0, 0.05) is 6.04 Å². The Hall–Kier alpha value is -0.0400. The summed E-state index contributed by atoms with van der Waals surface area (Å²) in [6.07, 6.45) is 1.22. The molecule has 0 saturated carbocycles. The zero-order valence-corrected chi connectivity index (χ0v) is 9.99. The lowest BCUT2D eigenvalue weighted by Crippen LogP contribution is -2.39. The Morgan fingerprint density at radius 3 is 1.58 bits per heavy atom. The van der Waals surface area contributed by atoms with Crippen LogP contribution in [0.4, 0.5) is 0 Å². The summed E-state index contributed by atoms with van der Waals surface area (Å²) in [5, 5.41) is 3.47. The fourth-order valence-electron chi connectivity index (χ4n) is 1.31. The van der Waals surface area contributed by atoms with E-state index in [1.165, 1.54) is 6.42 Å². The summed E-state index contributed by atoms with van der Waals surface area (Å²) in [5.74, 6) is 0. The Morgan fingerprint density at radius 1 is 1.08 bits per heavy atom. The molecule has 0 rings (SSSR count). The maximum Gasteiger partial charge on any atom is 0.0113 e. The van der Waals surface area contributed by atoms with Gasteiger partial charge in [-0.3, -0.25) is 0 Å². The van der Waals surface area contributed by atoms with Gasteiger partial charge in [-0.15, -0.1) is 0 Å². The molecular weight excluding hydrogens is 146 g/mol. The molecule has 0 aliphatic carbocycles. The number of nitrogens with one attached hydrogen (secondary N) is 1. The van der Waals surface area contributed by atoms with E-state index >= 15 is 0 Å². The number of rotatable bonds is 3. The minimum atomic E-state index is 0.408. The Morgan fingerprint density at radius 2 is 1.50 bits per heavy atom. The van der Waals surface area contributed by atoms with Crippen LogP contribution in [0.3, 0.4) is 0 Å². The normalized spacial score (nSPS) is 13.2. The average molecular weight is 173 g/mol. The summed E-state index contributed by atoms with van der Waals surface area (Å²) in [6.45, 7) is 16.3. The van der Waals surface area contributed by atoms with Crippen molar-refractivity contribution in [2.45, 2.75) is 60.9 Å². The van der Waals surface area contributed by atoms with Gasteiger partial charge in [0.05, 0.1) is 0 Å². The highest BCUT2D eigenvalue weighted by Gasteiger charge is 2.20. The highest BCUT2D eigenvalue weighted by atomic mass is 14.9. The second-order valence-corrected chi connectivity index (χ2v) is 3.88. The molecule has 1 heteroatoms. The van der Waals surface area contributed by atoms with Crippen LogP contribution in [0.5, 0.6) is 0 Å². The van der Waals surface area contributed by atoms with E-state index in [1.807, 2.05) is 13.8 Å². The summed E-state index contributed by atoms with van der Waals surface area (Å²) in [4.78, 5) is 0. The molecule has 1 unspecified atom stereocenters. The summed E-state index contributed by atoms with van der Waals surface area (Å²) < 4.78 is 0. The first kappa shape index (κ1) is 14.5. The van der Waals surface area contributed by atoms with E-state index in [9.17, 15) is 0 Å². The van der Waals surface area contributed by atoms with Crippen LogP contribution in [0.25, 0.3) is 0 Å². The van der Waals surface area contributed by atoms with Gasteiger partial charge in [-0.05, 0) is 18.4 Å². The smallest absolute Gasteiger partial charge is 0.0113 e. The van der Waals surface area contributed by atoms with Crippen molar-refractivity contribution in [2.75, 3.05) is 6.54 Å². The molecule has 12 heavy (non-hydrogen) atoms. The molecule has 1 atom stereocenters. The maximum atomic E-state index is 3.47. The van der Waals surface area contributed by atoms with Crippen LogP contribution in [0.2, 0.25) is 0 Å². The zero-order chi connectivity index (χ0) is 10.2. The topological polar surface area (TPSA) is 12.0 Å². The van der Waals surface area contributed by atoms with Crippen LogP contribution in [-0.4, -0.2) is 12.6 Å². The Bertz CT molecular complexity index is 81.5. The minimum absolute atomic E-state index is 0.408. The fraction of sp³-hybridized carbons (Fsp3) is 1.00. The molecule has 0 spiro atoms. The van der Waals surface area contributed by atoms with Gasteiger partial charge in [-0.25, -0.2) is 0 Å². The Labute approximate surface area is 78.9 Å². The molecule has 0 aliphatic rings. The lowest BCUT2D eigenvalue weighted by atomic mass is 9.85. The van der Waals surface area contributed by atoms with Crippen molar-refractivity contribution in [3.05, 3.63) is 0 Å². The van der Waals surface area contributed by atoms with Crippen molar-refractivity contribution in [1.29, 1.82) is 0 Å². The van der Waals surface area contributed by atoms with E-state index in [0.29, 0.717) is 11.5 Å². The van der Waals surface area contributed by atoms with Crippen LogP contribution in [0.1, 0.15) is 54.9 Å². The van der Waals surface area contributed by atoms with E-state index in [1.54, 1.807) is 0 Å². The molecule has 0 aromatic heterocycles. The molecule has 0 aromatic carbocycles. The van der Waals surface area contributed by atoms with Crippen molar-refractivity contribution in [2.24, 2.45) is 5.41 Å². The molecule has 0 saturated heterocycles. The van der Waals surface area contributed by atoms with Crippen molar-refractivity contribution >= 4 is 0 Å². The van der Waals surface area contributed by atoms with E-state index < -0.39 is 0 Å². The molecule has 0 aliphatic heterocycles. The average Bonchev–Trinajstić information content (AvgIpc) is 2.02. The quantitative estimate of drug-likeness (QED) is 0.689. The van der Waals surface area contributed by atoms with Gasteiger partial charge in [0.2, 0.25) is 0 Å². The predicted molar refractivity (Wildman–Crippen MR) is 58.6 cm³/mol. The summed E-state index contributed by atoms with van der Waals surface area (Å²) in [6, 6.07) is 0.664. The van der Waals surface area contributed by atoms with Crippen LogP contribution in [-0.2, 0) is 0 Å². The molecule has 0 aromatic rings. The van der Waals surface area contributed by atoms with E-state index in [4.69, 9.17) is 0 Å². The molecule has 0 radical (unpaired) electrons. The number of hydrogen-bond donors (Lipinski definition) is 1. The predicted octanol–water partition coefficient (Wildman–Crippen LogP) is 3.45. The first-order valence-electron chi connectivity index (χ1n) is 5.25. The third-order valence-electron chi connectivity index (χ3n) is 1.90. The third kappa shape index (κ3) is 6.66. The largest absolute Gasteiger partial charge is 0.314 e. The zero-order valence-electron chi connectivity index (χ0n) is 9.99. The van der Waals surface area contributed by atoms with Gasteiger partial charge in [0.15, 0.2) is 0 Å². The molecule has 0 bridgehead atoms. The second kappa shape index (κ2) is 7.60. The van der Waals surface area contributed by atoms with E-state index in [2.05, 4.69) is 39.9 Å². The van der Waals surface area contributed by atoms with Crippen molar-refractivity contribution in [3.63, 3.8) is 0 Å². The van der Waals surface area contributed by atoms with Gasteiger partial charge in [0.25, 0.3) is 0 Å². The highest BCUT2D eigenvalue weighted by molar-refractivity contribution is 4.78. The maximum absolute atomic E-state index is 3.47. The Balaban J connectivity index is 0. The summed E-state index contributed by atoms with van der Waals surface area (Å²) in [5.41, 5.74) is 0.408. The second-order valence-electron chi connectivity index (χ2n) is 3.88. The van der Waals surface area contributed by atoms with Crippen LogP contribution in [0.15, 0.2) is 0 Å². The summed E-state index contributed by atoms with van der Waals surface area (Å²) in [7, 11) is 0. The number of hydrogen-bond acceptors (Lipinski definition) is 1. The van der Waals surface area contributed by atoms with Crippen LogP contribution in [0, 0.1) is 5.41 Å². The lowest BCUT2D eigenvalue weighted by molar-refractivity contribution is 0.265. The molecule has 76 valence electrons. The first-order valence-corrected chi connectivity index (χ1v) is 5.25. The third-order valence-corrected chi connectivity index (χ3v) is 1.90. The van der Waals surface area contributed by atoms with Crippen molar-refractivity contribution < 1.29 is 0 Å². The van der Waals surface area contributed by atoms with Gasteiger partial charge in [-0.1, -0.05) is 48.5 Å². The van der Waals surface area contributed by atoms with Gasteiger partial charge < -0.3 is 5.32 Å². The minimum Gasteiger partial charge on any atom is -0.314 e. The fourth-order valence-corrected chi connectivity index (χ4v) is 1.31. The van der Waals surface area contributed by atoms with Crippen molar-refractivity contribution in [3.8, 4) is 0 Å². The molecule has 0 amide bonds. The molecule has 0 heterocycles. The van der Waals surface area contributed by atoms with E-state index in [0.717, 1.165) is 6.54 Å². The monoisotopic (exact) mass is 173 g/mol. The van der Waals surface area contributed by atoms with E-state index in [-0.39, 0.29) is 0 Å². The molecule has 1 nitrogen and oxygen atoms in total. The van der Waals surface area contributed by atoms with Gasteiger partial charge in [0.1, 0.15) is 0 Å². The highest BCUT2D eigenvalue weighted by Crippen LogP contribution is 2.20.